The molecule has 0 aliphatic heterocycles. The standard InChI is InChI=1S/C16H27NO2S/c1-4-12-17-16(11-8-13-20(18,19)5-2)15-10-7-6-9-14(15)3/h6-7,9-10,16-17H,4-5,8,11-13H2,1-3H3. The third kappa shape index (κ3) is 5.63. The minimum absolute atomic E-state index is 0.240. The monoisotopic (exact) mass is 297 g/mol. The van der Waals surface area contributed by atoms with E-state index in [1.165, 1.54) is 11.1 Å². The summed E-state index contributed by atoms with van der Waals surface area (Å²) in [5.41, 5.74) is 2.55. The van der Waals surface area contributed by atoms with Gasteiger partial charge in [0, 0.05) is 11.8 Å². The number of rotatable bonds is 9. The van der Waals surface area contributed by atoms with E-state index in [-0.39, 0.29) is 11.8 Å². The van der Waals surface area contributed by atoms with Gasteiger partial charge in [-0.3, -0.25) is 0 Å². The van der Waals surface area contributed by atoms with E-state index in [9.17, 15) is 8.42 Å². The van der Waals surface area contributed by atoms with Crippen LogP contribution in [0.4, 0.5) is 0 Å². The molecule has 0 aromatic heterocycles. The van der Waals surface area contributed by atoms with Gasteiger partial charge in [-0.15, -0.1) is 0 Å². The van der Waals surface area contributed by atoms with E-state index in [1.807, 2.05) is 12.1 Å². The van der Waals surface area contributed by atoms with Crippen LogP contribution in [-0.4, -0.2) is 26.5 Å². The molecule has 0 amide bonds. The summed E-state index contributed by atoms with van der Waals surface area (Å²) < 4.78 is 23.2. The highest BCUT2D eigenvalue weighted by molar-refractivity contribution is 7.91. The van der Waals surface area contributed by atoms with Gasteiger partial charge in [0.05, 0.1) is 5.75 Å². The van der Waals surface area contributed by atoms with Crippen LogP contribution in [0.15, 0.2) is 24.3 Å². The van der Waals surface area contributed by atoms with Crippen molar-refractivity contribution < 1.29 is 8.42 Å². The van der Waals surface area contributed by atoms with Crippen LogP contribution in [0.2, 0.25) is 0 Å². The van der Waals surface area contributed by atoms with Crippen LogP contribution in [0.1, 0.15) is 50.3 Å². The summed E-state index contributed by atoms with van der Waals surface area (Å²) in [6.45, 7) is 6.92. The lowest BCUT2D eigenvalue weighted by atomic mass is 9.97. The van der Waals surface area contributed by atoms with Gasteiger partial charge in [-0.05, 0) is 43.9 Å². The zero-order chi connectivity index (χ0) is 15.0. The molecule has 1 aromatic rings. The molecular formula is C16H27NO2S. The molecule has 114 valence electrons. The maximum atomic E-state index is 11.6. The fourth-order valence-electron chi connectivity index (χ4n) is 2.32. The number of hydrogen-bond acceptors (Lipinski definition) is 3. The summed E-state index contributed by atoms with van der Waals surface area (Å²) in [5, 5.41) is 3.54. The zero-order valence-corrected chi connectivity index (χ0v) is 13.7. The second-order valence-electron chi connectivity index (χ2n) is 5.24. The van der Waals surface area contributed by atoms with Crippen molar-refractivity contribution >= 4 is 9.84 Å². The quantitative estimate of drug-likeness (QED) is 0.761. The smallest absolute Gasteiger partial charge is 0.150 e. The van der Waals surface area contributed by atoms with Gasteiger partial charge in [0.25, 0.3) is 0 Å². The van der Waals surface area contributed by atoms with Crippen LogP contribution in [-0.2, 0) is 9.84 Å². The van der Waals surface area contributed by atoms with Gasteiger partial charge in [0.1, 0.15) is 9.84 Å². The molecule has 0 aliphatic rings. The zero-order valence-electron chi connectivity index (χ0n) is 12.9. The SMILES string of the molecule is CCCNC(CCCS(=O)(=O)CC)c1ccccc1C. The molecule has 1 atom stereocenters. The Morgan fingerprint density at radius 3 is 2.50 bits per heavy atom. The Morgan fingerprint density at radius 1 is 1.20 bits per heavy atom. The summed E-state index contributed by atoms with van der Waals surface area (Å²) >= 11 is 0. The maximum Gasteiger partial charge on any atom is 0.150 e. The van der Waals surface area contributed by atoms with Gasteiger partial charge >= 0.3 is 0 Å². The van der Waals surface area contributed by atoms with Crippen LogP contribution >= 0.6 is 0 Å². The van der Waals surface area contributed by atoms with Crippen LogP contribution in [0.5, 0.6) is 0 Å². The normalized spacial score (nSPS) is 13.3. The Kier molecular flexibility index (Phi) is 7.24. The minimum atomic E-state index is -2.86. The largest absolute Gasteiger partial charge is 0.310 e. The average molecular weight is 297 g/mol. The van der Waals surface area contributed by atoms with E-state index in [0.29, 0.717) is 12.2 Å². The van der Waals surface area contributed by atoms with Crippen molar-refractivity contribution in [1.29, 1.82) is 0 Å². The van der Waals surface area contributed by atoms with Crippen LogP contribution in [0, 0.1) is 6.92 Å². The lowest BCUT2D eigenvalue weighted by Crippen LogP contribution is -2.23. The average Bonchev–Trinajstić information content (AvgIpc) is 2.43. The molecule has 1 rings (SSSR count). The highest BCUT2D eigenvalue weighted by Gasteiger charge is 2.14. The summed E-state index contributed by atoms with van der Waals surface area (Å²) in [6.07, 6.45) is 2.66. The van der Waals surface area contributed by atoms with Gasteiger partial charge in [0.2, 0.25) is 0 Å². The van der Waals surface area contributed by atoms with Crippen LogP contribution in [0.25, 0.3) is 0 Å². The molecule has 1 unspecified atom stereocenters. The van der Waals surface area contributed by atoms with E-state index in [2.05, 4.69) is 31.3 Å². The molecule has 0 spiro atoms. The predicted molar refractivity (Wildman–Crippen MR) is 85.8 cm³/mol. The number of benzene rings is 1. The molecule has 3 nitrogen and oxygen atoms in total. The highest BCUT2D eigenvalue weighted by atomic mass is 32.2. The topological polar surface area (TPSA) is 46.2 Å². The van der Waals surface area contributed by atoms with Gasteiger partial charge in [-0.25, -0.2) is 8.42 Å². The summed E-state index contributed by atoms with van der Waals surface area (Å²) in [7, 11) is -2.86. The van der Waals surface area contributed by atoms with Crippen molar-refractivity contribution in [2.75, 3.05) is 18.1 Å². The predicted octanol–water partition coefficient (Wildman–Crippen LogP) is 3.25. The van der Waals surface area contributed by atoms with Crippen molar-refractivity contribution in [3.05, 3.63) is 35.4 Å². The molecule has 0 saturated carbocycles. The highest BCUT2D eigenvalue weighted by Crippen LogP contribution is 2.22. The maximum absolute atomic E-state index is 11.6. The Bertz CT molecular complexity index is 497. The van der Waals surface area contributed by atoms with Crippen molar-refractivity contribution in [2.24, 2.45) is 0 Å². The third-order valence-corrected chi connectivity index (χ3v) is 5.38. The van der Waals surface area contributed by atoms with Gasteiger partial charge < -0.3 is 5.32 Å². The summed E-state index contributed by atoms with van der Waals surface area (Å²) in [4.78, 5) is 0. The van der Waals surface area contributed by atoms with Crippen LogP contribution in [0.3, 0.4) is 0 Å². The Hall–Kier alpha value is -0.870. The fourth-order valence-corrected chi connectivity index (χ4v) is 3.21. The Labute approximate surface area is 123 Å². The minimum Gasteiger partial charge on any atom is -0.310 e. The van der Waals surface area contributed by atoms with E-state index < -0.39 is 9.84 Å². The van der Waals surface area contributed by atoms with E-state index in [0.717, 1.165) is 19.4 Å². The first-order valence-electron chi connectivity index (χ1n) is 7.49. The first-order valence-corrected chi connectivity index (χ1v) is 9.31. The molecule has 1 N–H and O–H groups in total. The summed E-state index contributed by atoms with van der Waals surface area (Å²) in [5.74, 6) is 0.532. The van der Waals surface area contributed by atoms with Crippen molar-refractivity contribution in [3.63, 3.8) is 0 Å². The first kappa shape index (κ1) is 17.2. The number of aryl methyl sites for hydroxylation is 1. The second-order valence-corrected chi connectivity index (χ2v) is 7.71. The molecule has 1 aromatic carbocycles. The van der Waals surface area contributed by atoms with E-state index >= 15 is 0 Å². The molecule has 0 heterocycles. The fraction of sp³-hybridized carbons (Fsp3) is 0.625. The van der Waals surface area contributed by atoms with E-state index in [4.69, 9.17) is 0 Å². The number of nitrogens with one attached hydrogen (secondary N) is 1. The lowest BCUT2D eigenvalue weighted by Gasteiger charge is -2.21. The molecular weight excluding hydrogens is 270 g/mol. The van der Waals surface area contributed by atoms with Gasteiger partial charge in [0.15, 0.2) is 0 Å². The molecule has 0 fully saturated rings. The number of hydrogen-bond donors (Lipinski definition) is 1. The first-order chi connectivity index (χ1) is 9.50. The Morgan fingerprint density at radius 2 is 1.90 bits per heavy atom. The number of sulfone groups is 1. The molecule has 0 radical (unpaired) electrons. The lowest BCUT2D eigenvalue weighted by molar-refractivity contribution is 0.490. The second kappa shape index (κ2) is 8.42. The summed E-state index contributed by atoms with van der Waals surface area (Å²) in [6, 6.07) is 8.59. The van der Waals surface area contributed by atoms with Crippen molar-refractivity contribution in [1.82, 2.24) is 5.32 Å². The molecule has 0 saturated heterocycles. The molecule has 4 heteroatoms. The molecule has 0 aliphatic carbocycles. The Balaban J connectivity index is 2.68. The van der Waals surface area contributed by atoms with Crippen molar-refractivity contribution in [3.8, 4) is 0 Å². The van der Waals surface area contributed by atoms with Crippen LogP contribution < -0.4 is 5.32 Å². The molecule has 20 heavy (non-hydrogen) atoms. The van der Waals surface area contributed by atoms with Gasteiger partial charge in [-0.2, -0.15) is 0 Å². The van der Waals surface area contributed by atoms with E-state index in [1.54, 1.807) is 6.92 Å². The van der Waals surface area contributed by atoms with Gasteiger partial charge in [-0.1, -0.05) is 38.1 Å². The third-order valence-electron chi connectivity index (χ3n) is 3.59. The van der Waals surface area contributed by atoms with Crippen molar-refractivity contribution in [2.45, 2.75) is 46.1 Å². The molecule has 0 bridgehead atoms.